The lowest BCUT2D eigenvalue weighted by atomic mass is 10.1. The average Bonchev–Trinajstić information content (AvgIpc) is 2.67. The van der Waals surface area contributed by atoms with Gasteiger partial charge in [0.2, 0.25) is 10.0 Å². The first-order chi connectivity index (χ1) is 13.5. The van der Waals surface area contributed by atoms with E-state index in [4.69, 9.17) is 4.74 Å². The second-order valence-electron chi connectivity index (χ2n) is 6.49. The van der Waals surface area contributed by atoms with E-state index in [1.54, 1.807) is 18.2 Å². The summed E-state index contributed by atoms with van der Waals surface area (Å²) < 4.78 is 30.3. The van der Waals surface area contributed by atoms with Crippen molar-refractivity contribution in [2.24, 2.45) is 0 Å². The summed E-state index contributed by atoms with van der Waals surface area (Å²) in [4.78, 5) is 36.0. The number of hydrogen-bond acceptors (Lipinski definition) is 6. The number of sulfonamides is 1. The van der Waals surface area contributed by atoms with Gasteiger partial charge in [0.25, 0.3) is 5.91 Å². The van der Waals surface area contributed by atoms with Gasteiger partial charge in [0.15, 0.2) is 11.9 Å². The van der Waals surface area contributed by atoms with E-state index in [9.17, 15) is 22.8 Å². The lowest BCUT2D eigenvalue weighted by Gasteiger charge is -2.14. The third-order valence-electron chi connectivity index (χ3n) is 4.06. The van der Waals surface area contributed by atoms with Crippen molar-refractivity contribution in [1.82, 2.24) is 4.31 Å². The summed E-state index contributed by atoms with van der Waals surface area (Å²) >= 11 is 0. The monoisotopic (exact) mass is 418 g/mol. The maximum atomic E-state index is 12.3. The van der Waals surface area contributed by atoms with E-state index in [2.05, 4.69) is 5.32 Å². The number of rotatable bonds is 7. The fourth-order valence-corrected chi connectivity index (χ4v) is 3.22. The first kappa shape index (κ1) is 22.3. The van der Waals surface area contributed by atoms with Crippen LogP contribution in [0.1, 0.15) is 34.6 Å². The number of anilines is 1. The van der Waals surface area contributed by atoms with Gasteiger partial charge in [0.05, 0.1) is 10.5 Å². The Labute approximate surface area is 169 Å². The smallest absolute Gasteiger partial charge is 0.338 e. The van der Waals surface area contributed by atoms with Gasteiger partial charge < -0.3 is 10.1 Å². The van der Waals surface area contributed by atoms with Gasteiger partial charge in [-0.15, -0.1) is 0 Å². The quantitative estimate of drug-likeness (QED) is 0.546. The van der Waals surface area contributed by atoms with Crippen LogP contribution in [0, 0.1) is 0 Å². The lowest BCUT2D eigenvalue weighted by Crippen LogP contribution is -2.30. The second-order valence-corrected chi connectivity index (χ2v) is 8.64. The van der Waals surface area contributed by atoms with Crippen molar-refractivity contribution in [1.29, 1.82) is 0 Å². The van der Waals surface area contributed by atoms with Crippen LogP contribution in [0.25, 0.3) is 0 Å². The number of ether oxygens (including phenoxy) is 1. The maximum Gasteiger partial charge on any atom is 0.338 e. The fourth-order valence-electron chi connectivity index (χ4n) is 2.32. The third-order valence-corrected chi connectivity index (χ3v) is 5.89. The number of carbonyl (C=O) groups excluding carboxylic acids is 3. The molecule has 9 heteroatoms. The minimum absolute atomic E-state index is 0.0372. The number of nitrogens with one attached hydrogen (secondary N) is 1. The predicted octanol–water partition coefficient (Wildman–Crippen LogP) is 2.32. The second kappa shape index (κ2) is 8.97. The van der Waals surface area contributed by atoms with Crippen molar-refractivity contribution >= 4 is 33.4 Å². The number of hydrogen-bond donors (Lipinski definition) is 1. The largest absolute Gasteiger partial charge is 0.449 e. The molecule has 154 valence electrons. The summed E-state index contributed by atoms with van der Waals surface area (Å²) in [5.41, 5.74) is 0.963. The maximum absolute atomic E-state index is 12.3. The van der Waals surface area contributed by atoms with Crippen molar-refractivity contribution in [3.8, 4) is 0 Å². The predicted molar refractivity (Wildman–Crippen MR) is 107 cm³/mol. The molecule has 1 amide bonds. The molecule has 1 N–H and O–H groups in total. The Kier molecular flexibility index (Phi) is 6.89. The highest BCUT2D eigenvalue weighted by Crippen LogP contribution is 2.16. The molecule has 2 aromatic carbocycles. The molecule has 0 unspecified atom stereocenters. The standard InChI is InChI=1S/C20H22N2O6S/c1-13(23)16-6-5-7-17(12-16)21-19(24)14(2)28-20(25)15-8-10-18(11-9-15)29(26,27)22(3)4/h5-12,14H,1-4H3,(H,21,24)/t14-/m0/s1. The fraction of sp³-hybridized carbons (Fsp3) is 0.250. The molecule has 0 aliphatic carbocycles. The number of ketones is 1. The van der Waals surface area contributed by atoms with Gasteiger partial charge in [0, 0.05) is 25.3 Å². The van der Waals surface area contributed by atoms with Crippen molar-refractivity contribution in [2.75, 3.05) is 19.4 Å². The van der Waals surface area contributed by atoms with E-state index < -0.39 is 28.0 Å². The molecule has 0 heterocycles. The Balaban J connectivity index is 2.04. The molecule has 29 heavy (non-hydrogen) atoms. The molecule has 2 aromatic rings. The highest BCUT2D eigenvalue weighted by Gasteiger charge is 2.21. The van der Waals surface area contributed by atoms with Crippen molar-refractivity contribution < 1.29 is 27.5 Å². The van der Waals surface area contributed by atoms with E-state index in [1.807, 2.05) is 0 Å². The number of Topliss-reactive ketones (excluding diaryl/α,β-unsaturated/α-hetero) is 1. The molecule has 0 spiro atoms. The highest BCUT2D eigenvalue weighted by atomic mass is 32.2. The van der Waals surface area contributed by atoms with Crippen molar-refractivity contribution in [3.05, 3.63) is 59.7 Å². The number of amides is 1. The minimum Gasteiger partial charge on any atom is -0.449 e. The molecular weight excluding hydrogens is 396 g/mol. The number of nitrogens with zero attached hydrogens (tertiary/aromatic N) is 1. The normalized spacial score (nSPS) is 12.3. The average molecular weight is 418 g/mol. The number of benzene rings is 2. The third kappa shape index (κ3) is 5.49. The number of carbonyl (C=O) groups is 3. The summed E-state index contributed by atoms with van der Waals surface area (Å²) in [6.07, 6.45) is -1.10. The molecule has 0 fully saturated rings. The Morgan fingerprint density at radius 3 is 2.17 bits per heavy atom. The molecular formula is C20H22N2O6S. The van der Waals surface area contributed by atoms with E-state index >= 15 is 0 Å². The minimum atomic E-state index is -3.61. The first-order valence-corrected chi connectivity index (χ1v) is 10.1. The van der Waals surface area contributed by atoms with E-state index in [0.29, 0.717) is 11.3 Å². The molecule has 0 radical (unpaired) electrons. The Bertz CT molecular complexity index is 1030. The molecule has 1 atom stereocenters. The first-order valence-electron chi connectivity index (χ1n) is 8.68. The lowest BCUT2D eigenvalue weighted by molar-refractivity contribution is -0.123. The highest BCUT2D eigenvalue weighted by molar-refractivity contribution is 7.89. The van der Waals surface area contributed by atoms with Crippen LogP contribution < -0.4 is 5.32 Å². The summed E-state index contributed by atoms with van der Waals surface area (Å²) in [5.74, 6) is -1.47. The van der Waals surface area contributed by atoms with Crippen LogP contribution >= 0.6 is 0 Å². The van der Waals surface area contributed by atoms with Crippen LogP contribution in [0.15, 0.2) is 53.4 Å². The Hall–Kier alpha value is -3.04. The Morgan fingerprint density at radius 2 is 1.62 bits per heavy atom. The number of esters is 1. The summed E-state index contributed by atoms with van der Waals surface area (Å²) in [6, 6.07) is 11.6. The van der Waals surface area contributed by atoms with Gasteiger partial charge in [-0.1, -0.05) is 12.1 Å². The zero-order valence-electron chi connectivity index (χ0n) is 16.5. The zero-order valence-corrected chi connectivity index (χ0v) is 17.3. The molecule has 0 aliphatic heterocycles. The topological polar surface area (TPSA) is 110 Å². The summed E-state index contributed by atoms with van der Waals surface area (Å²) in [6.45, 7) is 2.83. The van der Waals surface area contributed by atoms with Gasteiger partial charge in [0.1, 0.15) is 0 Å². The molecule has 0 aromatic heterocycles. The van der Waals surface area contributed by atoms with Crippen LogP contribution in [0.5, 0.6) is 0 Å². The molecule has 0 saturated heterocycles. The van der Waals surface area contributed by atoms with Gasteiger partial charge in [-0.05, 0) is 50.2 Å². The van der Waals surface area contributed by atoms with Crippen LogP contribution in [-0.2, 0) is 19.6 Å². The van der Waals surface area contributed by atoms with Crippen LogP contribution in [0.4, 0.5) is 5.69 Å². The molecule has 2 rings (SSSR count). The van der Waals surface area contributed by atoms with Crippen LogP contribution in [-0.4, -0.2) is 50.6 Å². The summed E-state index contributed by atoms with van der Waals surface area (Å²) in [7, 11) is -0.794. The van der Waals surface area contributed by atoms with E-state index in [1.165, 1.54) is 58.3 Å². The SMILES string of the molecule is CC(=O)c1cccc(NC(=O)[C@H](C)OC(=O)c2ccc(S(=O)(=O)N(C)C)cc2)c1. The van der Waals surface area contributed by atoms with Gasteiger partial charge in [-0.3, -0.25) is 9.59 Å². The van der Waals surface area contributed by atoms with Crippen molar-refractivity contribution in [3.63, 3.8) is 0 Å². The molecule has 0 saturated carbocycles. The Morgan fingerprint density at radius 1 is 1.00 bits per heavy atom. The van der Waals surface area contributed by atoms with Crippen LogP contribution in [0.3, 0.4) is 0 Å². The summed E-state index contributed by atoms with van der Waals surface area (Å²) in [5, 5.41) is 2.58. The van der Waals surface area contributed by atoms with E-state index in [-0.39, 0.29) is 16.2 Å². The van der Waals surface area contributed by atoms with Crippen LogP contribution in [0.2, 0.25) is 0 Å². The molecule has 8 nitrogen and oxygen atoms in total. The molecule has 0 aliphatic rings. The van der Waals surface area contributed by atoms with Crippen molar-refractivity contribution in [2.45, 2.75) is 24.8 Å². The van der Waals surface area contributed by atoms with E-state index in [0.717, 1.165) is 4.31 Å². The van der Waals surface area contributed by atoms with Gasteiger partial charge in [-0.25, -0.2) is 17.5 Å². The molecule has 0 bridgehead atoms. The zero-order chi connectivity index (χ0) is 21.8. The van der Waals surface area contributed by atoms with Gasteiger partial charge in [-0.2, -0.15) is 0 Å². The van der Waals surface area contributed by atoms with Gasteiger partial charge >= 0.3 is 5.97 Å².